The van der Waals surface area contributed by atoms with E-state index >= 15 is 0 Å². The molecule has 0 aromatic heterocycles. The maximum Gasteiger partial charge on any atom is 0.410 e. The van der Waals surface area contributed by atoms with Crippen LogP contribution in [0.25, 0.3) is 0 Å². The Morgan fingerprint density at radius 3 is 2.84 bits per heavy atom. The van der Waals surface area contributed by atoms with Gasteiger partial charge >= 0.3 is 6.09 Å². The number of rotatable bonds is 5. The lowest BCUT2D eigenvalue weighted by molar-refractivity contribution is -0.0349. The van der Waals surface area contributed by atoms with Crippen molar-refractivity contribution >= 4 is 6.09 Å². The van der Waals surface area contributed by atoms with Crippen LogP contribution in [0.1, 0.15) is 45.3 Å². The summed E-state index contributed by atoms with van der Waals surface area (Å²) in [6.07, 6.45) is 0.995. The van der Waals surface area contributed by atoms with Gasteiger partial charge in [-0.2, -0.15) is 0 Å². The van der Waals surface area contributed by atoms with Crippen molar-refractivity contribution in [3.8, 4) is 0 Å². The number of aliphatic hydroxyl groups is 1. The standard InChI is InChI=1S/C19H28FNO4/c1-19(2,3)25-18(23)21-9-5-7-15(13-21)17(24-11-10-22)14-6-4-8-16(20)12-14/h4,6,8,12,15,17,22H,5,7,9-11,13H2,1-3H3/t15-,17+/m1/s1. The summed E-state index contributed by atoms with van der Waals surface area (Å²) in [5.41, 5.74) is 0.184. The summed E-state index contributed by atoms with van der Waals surface area (Å²) in [6.45, 7) is 6.71. The molecule has 0 aliphatic carbocycles. The number of amides is 1. The number of nitrogens with zero attached hydrogens (tertiary/aromatic N) is 1. The van der Waals surface area contributed by atoms with E-state index in [0.29, 0.717) is 13.1 Å². The molecule has 1 fully saturated rings. The second kappa shape index (κ2) is 8.63. The van der Waals surface area contributed by atoms with E-state index in [9.17, 15) is 9.18 Å². The van der Waals surface area contributed by atoms with Gasteiger partial charge in [0.05, 0.1) is 19.3 Å². The monoisotopic (exact) mass is 353 g/mol. The first-order valence-electron chi connectivity index (χ1n) is 8.76. The van der Waals surface area contributed by atoms with E-state index in [2.05, 4.69) is 0 Å². The Balaban J connectivity index is 2.12. The minimum Gasteiger partial charge on any atom is -0.444 e. The number of halogens is 1. The summed E-state index contributed by atoms with van der Waals surface area (Å²) in [5.74, 6) is -0.301. The summed E-state index contributed by atoms with van der Waals surface area (Å²) in [7, 11) is 0. The minimum atomic E-state index is -0.542. The molecule has 0 saturated carbocycles. The summed E-state index contributed by atoms with van der Waals surface area (Å²) in [6, 6.07) is 6.31. The molecule has 1 N–H and O–H groups in total. The minimum absolute atomic E-state index is 0.0228. The molecule has 0 radical (unpaired) electrons. The topological polar surface area (TPSA) is 59.0 Å². The SMILES string of the molecule is CC(C)(C)OC(=O)N1CCC[C@@H]([C@@H](OCCO)c2cccc(F)c2)C1. The Labute approximate surface area is 148 Å². The molecule has 1 saturated heterocycles. The molecule has 1 amide bonds. The summed E-state index contributed by atoms with van der Waals surface area (Å²) in [4.78, 5) is 14.0. The van der Waals surface area contributed by atoms with Gasteiger partial charge in [0.2, 0.25) is 0 Å². The van der Waals surface area contributed by atoms with Crippen LogP contribution in [-0.4, -0.2) is 48.0 Å². The Morgan fingerprint density at radius 2 is 2.20 bits per heavy atom. The van der Waals surface area contributed by atoms with Crippen molar-refractivity contribution in [3.63, 3.8) is 0 Å². The van der Waals surface area contributed by atoms with E-state index < -0.39 is 5.60 Å². The third-order valence-corrected chi connectivity index (χ3v) is 4.10. The zero-order chi connectivity index (χ0) is 18.4. The molecule has 140 valence electrons. The molecule has 1 aromatic rings. The van der Waals surface area contributed by atoms with Gasteiger partial charge in [0, 0.05) is 19.0 Å². The van der Waals surface area contributed by atoms with Crippen LogP contribution in [-0.2, 0) is 9.47 Å². The second-order valence-corrected chi connectivity index (χ2v) is 7.40. The first kappa shape index (κ1) is 19.7. The number of ether oxygens (including phenoxy) is 2. The summed E-state index contributed by atoms with van der Waals surface area (Å²) in [5, 5.41) is 9.10. The average molecular weight is 353 g/mol. The van der Waals surface area contributed by atoms with Crippen LogP contribution in [0.3, 0.4) is 0 Å². The van der Waals surface area contributed by atoms with Crippen molar-refractivity contribution in [2.45, 2.75) is 45.3 Å². The fourth-order valence-corrected chi connectivity index (χ4v) is 3.12. The van der Waals surface area contributed by atoms with Crippen molar-refractivity contribution in [1.29, 1.82) is 0 Å². The number of likely N-dealkylation sites (tertiary alicyclic amines) is 1. The van der Waals surface area contributed by atoms with E-state index in [0.717, 1.165) is 18.4 Å². The maximum atomic E-state index is 13.6. The van der Waals surface area contributed by atoms with E-state index in [4.69, 9.17) is 14.6 Å². The Kier molecular flexibility index (Phi) is 6.79. The van der Waals surface area contributed by atoms with E-state index in [1.54, 1.807) is 11.0 Å². The molecule has 6 heteroatoms. The van der Waals surface area contributed by atoms with E-state index in [1.807, 2.05) is 26.8 Å². The lowest BCUT2D eigenvalue weighted by Gasteiger charge is -2.37. The third-order valence-electron chi connectivity index (χ3n) is 4.10. The van der Waals surface area contributed by atoms with Crippen molar-refractivity contribution < 1.29 is 23.8 Å². The van der Waals surface area contributed by atoms with Gasteiger partial charge in [-0.15, -0.1) is 0 Å². The van der Waals surface area contributed by atoms with Crippen LogP contribution in [0.15, 0.2) is 24.3 Å². The van der Waals surface area contributed by atoms with Crippen LogP contribution >= 0.6 is 0 Å². The van der Waals surface area contributed by atoms with Crippen molar-refractivity contribution in [2.24, 2.45) is 5.92 Å². The molecule has 2 atom stereocenters. The largest absolute Gasteiger partial charge is 0.444 e. The molecule has 2 rings (SSSR count). The Hall–Kier alpha value is -1.66. The molecule has 1 aliphatic heterocycles. The molecule has 1 heterocycles. The van der Waals surface area contributed by atoms with Crippen LogP contribution in [0.4, 0.5) is 9.18 Å². The van der Waals surface area contributed by atoms with Crippen molar-refractivity contribution in [3.05, 3.63) is 35.6 Å². The van der Waals surface area contributed by atoms with Crippen molar-refractivity contribution in [2.75, 3.05) is 26.3 Å². The average Bonchev–Trinajstić information content (AvgIpc) is 2.54. The first-order valence-corrected chi connectivity index (χ1v) is 8.76. The molecular formula is C19H28FNO4. The molecule has 1 aliphatic rings. The highest BCUT2D eigenvalue weighted by Crippen LogP contribution is 2.33. The van der Waals surface area contributed by atoms with Gasteiger partial charge in [0.25, 0.3) is 0 Å². The number of hydrogen-bond donors (Lipinski definition) is 1. The van der Waals surface area contributed by atoms with Crippen molar-refractivity contribution in [1.82, 2.24) is 4.90 Å². The molecule has 0 bridgehead atoms. The number of aliphatic hydroxyl groups excluding tert-OH is 1. The van der Waals surface area contributed by atoms with Gasteiger partial charge in [-0.1, -0.05) is 12.1 Å². The molecule has 25 heavy (non-hydrogen) atoms. The Morgan fingerprint density at radius 1 is 1.44 bits per heavy atom. The molecule has 0 unspecified atom stereocenters. The second-order valence-electron chi connectivity index (χ2n) is 7.40. The third kappa shape index (κ3) is 5.97. The van der Waals surface area contributed by atoms with Gasteiger partial charge in [-0.05, 0) is 51.3 Å². The molecule has 5 nitrogen and oxygen atoms in total. The summed E-state index contributed by atoms with van der Waals surface area (Å²) >= 11 is 0. The van der Waals surface area contributed by atoms with Crippen LogP contribution in [0.2, 0.25) is 0 Å². The van der Waals surface area contributed by atoms with Gasteiger partial charge in [-0.25, -0.2) is 9.18 Å². The predicted octanol–water partition coefficient (Wildman–Crippen LogP) is 3.52. The van der Waals surface area contributed by atoms with Crippen LogP contribution in [0, 0.1) is 11.7 Å². The highest BCUT2D eigenvalue weighted by Gasteiger charge is 2.33. The molecule has 0 spiro atoms. The van der Waals surface area contributed by atoms with Gasteiger partial charge < -0.3 is 19.5 Å². The number of carbonyl (C=O) groups excluding carboxylic acids is 1. The molecular weight excluding hydrogens is 325 g/mol. The predicted molar refractivity (Wildman–Crippen MR) is 92.7 cm³/mol. The first-order chi connectivity index (χ1) is 11.8. The van der Waals surface area contributed by atoms with Gasteiger partial charge in [0.15, 0.2) is 0 Å². The molecule has 1 aromatic carbocycles. The lowest BCUT2D eigenvalue weighted by atomic mass is 9.88. The lowest BCUT2D eigenvalue weighted by Crippen LogP contribution is -2.44. The maximum absolute atomic E-state index is 13.6. The normalized spacial score (nSPS) is 19.6. The zero-order valence-corrected chi connectivity index (χ0v) is 15.2. The van der Waals surface area contributed by atoms with Gasteiger partial charge in [0.1, 0.15) is 11.4 Å². The quantitative estimate of drug-likeness (QED) is 0.880. The van der Waals surface area contributed by atoms with Gasteiger partial charge in [-0.3, -0.25) is 0 Å². The number of benzene rings is 1. The fraction of sp³-hybridized carbons (Fsp3) is 0.632. The van der Waals surface area contributed by atoms with Crippen LogP contribution in [0.5, 0.6) is 0 Å². The smallest absolute Gasteiger partial charge is 0.410 e. The Bertz CT molecular complexity index is 573. The number of carbonyl (C=O) groups is 1. The highest BCUT2D eigenvalue weighted by molar-refractivity contribution is 5.68. The van der Waals surface area contributed by atoms with Crippen LogP contribution < -0.4 is 0 Å². The summed E-state index contributed by atoms with van der Waals surface area (Å²) < 4.78 is 24.9. The number of hydrogen-bond acceptors (Lipinski definition) is 4. The van der Waals surface area contributed by atoms with E-state index in [1.165, 1.54) is 12.1 Å². The fourth-order valence-electron chi connectivity index (χ4n) is 3.12. The van der Waals surface area contributed by atoms with E-state index in [-0.39, 0.29) is 37.1 Å². The zero-order valence-electron chi connectivity index (χ0n) is 15.2. The number of piperidine rings is 1. The highest BCUT2D eigenvalue weighted by atomic mass is 19.1.